The van der Waals surface area contributed by atoms with E-state index in [1.165, 1.54) is 16.9 Å². The van der Waals surface area contributed by atoms with Gasteiger partial charge in [0, 0.05) is 17.0 Å². The van der Waals surface area contributed by atoms with Crippen molar-refractivity contribution in [1.29, 1.82) is 5.26 Å². The van der Waals surface area contributed by atoms with E-state index in [0.717, 1.165) is 37.1 Å². The fourth-order valence-electron chi connectivity index (χ4n) is 4.08. The Morgan fingerprint density at radius 3 is 2.67 bits per heavy atom. The van der Waals surface area contributed by atoms with Crippen LogP contribution in [0.2, 0.25) is 0 Å². The topological polar surface area (TPSA) is 56.1 Å². The normalized spacial score (nSPS) is 27.3. The van der Waals surface area contributed by atoms with Crippen molar-refractivity contribution in [1.82, 2.24) is 4.90 Å². The summed E-state index contributed by atoms with van der Waals surface area (Å²) in [6.45, 7) is 7.09. The van der Waals surface area contributed by atoms with Crippen LogP contribution in [0.5, 0.6) is 0 Å². The molecule has 1 aromatic rings. The number of carbonyl (C=O) groups excluding carboxylic acids is 1. The highest BCUT2D eigenvalue weighted by Gasteiger charge is 2.28. The largest absolute Gasteiger partial charge is 0.315 e. The standard InChI is InChI=1S/C19H27N3OS/c1-12-7-8-15-16(10-20)19(24-17(15)9-12)21-18(23)11-22-13(2)5-4-6-14(22)3/h12-14H,4-9,11H2,1-3H3,(H,21,23). The van der Waals surface area contributed by atoms with E-state index in [1.54, 1.807) is 11.3 Å². The van der Waals surface area contributed by atoms with Crippen LogP contribution >= 0.6 is 11.3 Å². The molecule has 3 unspecified atom stereocenters. The first-order chi connectivity index (χ1) is 11.5. The summed E-state index contributed by atoms with van der Waals surface area (Å²) in [7, 11) is 0. The Morgan fingerprint density at radius 2 is 2.00 bits per heavy atom. The summed E-state index contributed by atoms with van der Waals surface area (Å²) in [5.41, 5.74) is 1.88. The third kappa shape index (κ3) is 3.50. The van der Waals surface area contributed by atoms with Crippen LogP contribution in [-0.4, -0.2) is 29.4 Å². The van der Waals surface area contributed by atoms with Crippen LogP contribution < -0.4 is 5.32 Å². The maximum atomic E-state index is 12.6. The summed E-state index contributed by atoms with van der Waals surface area (Å²) in [5.74, 6) is 0.681. The van der Waals surface area contributed by atoms with E-state index in [1.807, 2.05) is 0 Å². The van der Waals surface area contributed by atoms with Gasteiger partial charge in [-0.25, -0.2) is 0 Å². The Hall–Kier alpha value is -1.38. The second-order valence-corrected chi connectivity index (χ2v) is 8.62. The highest BCUT2D eigenvalue weighted by atomic mass is 32.1. The summed E-state index contributed by atoms with van der Waals surface area (Å²) in [4.78, 5) is 16.1. The number of piperidine rings is 1. The van der Waals surface area contributed by atoms with Crippen molar-refractivity contribution in [3.63, 3.8) is 0 Å². The van der Waals surface area contributed by atoms with Crippen molar-refractivity contribution in [3.8, 4) is 6.07 Å². The number of anilines is 1. The van der Waals surface area contributed by atoms with Crippen LogP contribution in [0, 0.1) is 17.2 Å². The summed E-state index contributed by atoms with van der Waals surface area (Å²) < 4.78 is 0. The molecule has 0 spiro atoms. The maximum absolute atomic E-state index is 12.6. The van der Waals surface area contributed by atoms with Gasteiger partial charge in [0.25, 0.3) is 0 Å². The highest BCUT2D eigenvalue weighted by Crippen LogP contribution is 2.39. The first-order valence-electron chi connectivity index (χ1n) is 9.09. The molecule has 130 valence electrons. The molecule has 2 aliphatic rings. The van der Waals surface area contributed by atoms with Gasteiger partial charge in [0.1, 0.15) is 11.1 Å². The van der Waals surface area contributed by atoms with Crippen LogP contribution in [-0.2, 0) is 17.6 Å². The van der Waals surface area contributed by atoms with E-state index < -0.39 is 0 Å². The van der Waals surface area contributed by atoms with Crippen molar-refractivity contribution < 1.29 is 4.79 Å². The molecule has 0 radical (unpaired) electrons. The first-order valence-corrected chi connectivity index (χ1v) is 9.91. The van der Waals surface area contributed by atoms with Crippen LogP contribution in [0.3, 0.4) is 0 Å². The zero-order valence-electron chi connectivity index (χ0n) is 14.9. The summed E-state index contributed by atoms with van der Waals surface area (Å²) in [5, 5.41) is 13.3. The van der Waals surface area contributed by atoms with Gasteiger partial charge in [-0.2, -0.15) is 5.26 Å². The van der Waals surface area contributed by atoms with E-state index >= 15 is 0 Å². The minimum Gasteiger partial charge on any atom is -0.315 e. The summed E-state index contributed by atoms with van der Waals surface area (Å²) in [6.07, 6.45) is 6.69. The number of likely N-dealkylation sites (tertiary alicyclic amines) is 1. The Kier molecular flexibility index (Phi) is 5.27. The van der Waals surface area contributed by atoms with Gasteiger partial charge in [0.15, 0.2) is 0 Å². The quantitative estimate of drug-likeness (QED) is 0.902. The van der Waals surface area contributed by atoms with Crippen LogP contribution in [0.25, 0.3) is 0 Å². The Labute approximate surface area is 148 Å². The summed E-state index contributed by atoms with van der Waals surface area (Å²) in [6, 6.07) is 3.23. The number of hydrogen-bond donors (Lipinski definition) is 1. The predicted octanol–water partition coefficient (Wildman–Crippen LogP) is 3.95. The molecule has 1 aliphatic carbocycles. The van der Waals surface area contributed by atoms with Gasteiger partial charge >= 0.3 is 0 Å². The Morgan fingerprint density at radius 1 is 1.29 bits per heavy atom. The third-order valence-corrected chi connectivity index (χ3v) is 6.75. The summed E-state index contributed by atoms with van der Waals surface area (Å²) >= 11 is 1.61. The number of nitriles is 1. The number of fused-ring (bicyclic) bond motifs is 1. The molecule has 3 atom stereocenters. The number of rotatable bonds is 3. The van der Waals surface area contributed by atoms with E-state index in [2.05, 4.69) is 37.1 Å². The lowest BCUT2D eigenvalue weighted by molar-refractivity contribution is -0.118. The van der Waals surface area contributed by atoms with E-state index in [0.29, 0.717) is 30.1 Å². The van der Waals surface area contributed by atoms with Crippen molar-refractivity contribution in [2.24, 2.45) is 5.92 Å². The molecule has 0 saturated carbocycles. The highest BCUT2D eigenvalue weighted by molar-refractivity contribution is 7.16. The van der Waals surface area contributed by atoms with Crippen LogP contribution in [0.1, 0.15) is 62.5 Å². The third-order valence-electron chi connectivity index (χ3n) is 5.58. The minimum atomic E-state index is 0.0127. The van der Waals surface area contributed by atoms with Gasteiger partial charge in [-0.3, -0.25) is 9.69 Å². The molecule has 0 aromatic carbocycles. The monoisotopic (exact) mass is 345 g/mol. The molecule has 1 fully saturated rings. The average molecular weight is 346 g/mol. The second kappa shape index (κ2) is 7.25. The molecule has 0 bridgehead atoms. The van der Waals surface area contributed by atoms with E-state index in [-0.39, 0.29) is 5.91 Å². The molecule has 1 saturated heterocycles. The fourth-order valence-corrected chi connectivity index (χ4v) is 5.45. The molecule has 3 rings (SSSR count). The zero-order chi connectivity index (χ0) is 17.3. The van der Waals surface area contributed by atoms with Crippen LogP contribution in [0.4, 0.5) is 5.00 Å². The molecular formula is C19H27N3OS. The number of amides is 1. The second-order valence-electron chi connectivity index (χ2n) is 7.52. The smallest absolute Gasteiger partial charge is 0.239 e. The lowest BCUT2D eigenvalue weighted by atomic mass is 9.89. The van der Waals surface area contributed by atoms with Gasteiger partial charge in [0.2, 0.25) is 5.91 Å². The molecule has 2 heterocycles. The maximum Gasteiger partial charge on any atom is 0.239 e. The zero-order valence-corrected chi connectivity index (χ0v) is 15.7. The van der Waals surface area contributed by atoms with Gasteiger partial charge in [0.05, 0.1) is 12.1 Å². The molecular weight excluding hydrogens is 318 g/mol. The first kappa shape index (κ1) is 17.4. The van der Waals surface area contributed by atoms with Crippen molar-refractivity contribution in [2.45, 2.75) is 71.4 Å². The van der Waals surface area contributed by atoms with Crippen LogP contribution in [0.15, 0.2) is 0 Å². The molecule has 1 aromatic heterocycles. The van der Waals surface area contributed by atoms with Crippen molar-refractivity contribution in [3.05, 3.63) is 16.0 Å². The molecule has 24 heavy (non-hydrogen) atoms. The van der Waals surface area contributed by atoms with Gasteiger partial charge in [-0.15, -0.1) is 11.3 Å². The lowest BCUT2D eigenvalue weighted by Gasteiger charge is -2.38. The van der Waals surface area contributed by atoms with Crippen molar-refractivity contribution >= 4 is 22.2 Å². The van der Waals surface area contributed by atoms with E-state index in [9.17, 15) is 10.1 Å². The SMILES string of the molecule is CC1CCc2c(sc(NC(=O)CN3C(C)CCCC3C)c2C#N)C1. The lowest BCUT2D eigenvalue weighted by Crippen LogP contribution is -2.47. The molecule has 5 heteroatoms. The number of nitrogens with one attached hydrogen (secondary N) is 1. The predicted molar refractivity (Wildman–Crippen MR) is 98.3 cm³/mol. The number of thiophene rings is 1. The Balaban J connectivity index is 1.72. The molecule has 4 nitrogen and oxygen atoms in total. The average Bonchev–Trinajstić information content (AvgIpc) is 2.87. The Bertz CT molecular complexity index is 650. The minimum absolute atomic E-state index is 0.0127. The van der Waals surface area contributed by atoms with E-state index in [4.69, 9.17) is 0 Å². The molecule has 1 N–H and O–H groups in total. The molecule has 1 aliphatic heterocycles. The fraction of sp³-hybridized carbons (Fsp3) is 0.684. The molecule has 1 amide bonds. The number of hydrogen-bond acceptors (Lipinski definition) is 4. The van der Waals surface area contributed by atoms with Gasteiger partial charge in [-0.05, 0) is 57.4 Å². The van der Waals surface area contributed by atoms with Crippen molar-refractivity contribution in [2.75, 3.05) is 11.9 Å². The number of carbonyl (C=O) groups is 1. The van der Waals surface area contributed by atoms with Gasteiger partial charge < -0.3 is 5.32 Å². The number of nitrogens with zero attached hydrogens (tertiary/aromatic N) is 2. The van der Waals surface area contributed by atoms with Gasteiger partial charge in [-0.1, -0.05) is 13.3 Å².